The fraction of sp³-hybridized carbons (Fsp3) is 0.444. The molecule has 1 aromatic heterocycles. The summed E-state index contributed by atoms with van der Waals surface area (Å²) < 4.78 is 16.4. The number of aliphatic hydroxyl groups excluding tert-OH is 1. The largest absolute Gasteiger partial charge is 0.385 e. The molecule has 2 heterocycles. The van der Waals surface area contributed by atoms with Gasteiger partial charge in [0.2, 0.25) is 5.91 Å². The Balaban J connectivity index is 1.74. The Morgan fingerprint density at radius 1 is 1.26 bits per heavy atom. The van der Waals surface area contributed by atoms with E-state index in [9.17, 15) is 23.9 Å². The molecule has 2 aliphatic rings. The number of amides is 3. The Labute approximate surface area is 153 Å². The summed E-state index contributed by atoms with van der Waals surface area (Å²) in [5, 5.41) is 16.9. The van der Waals surface area contributed by atoms with E-state index >= 15 is 0 Å². The van der Waals surface area contributed by atoms with Gasteiger partial charge in [0.05, 0.1) is 5.52 Å². The van der Waals surface area contributed by atoms with E-state index in [1.807, 2.05) is 0 Å². The molecule has 0 bridgehead atoms. The predicted molar refractivity (Wildman–Crippen MR) is 93.8 cm³/mol. The van der Waals surface area contributed by atoms with E-state index in [-0.39, 0.29) is 43.4 Å². The molecule has 2 aromatic rings. The zero-order chi connectivity index (χ0) is 19.3. The van der Waals surface area contributed by atoms with Crippen LogP contribution < -0.4 is 10.2 Å². The maximum absolute atomic E-state index is 14.9. The van der Waals surface area contributed by atoms with Crippen LogP contribution in [0.15, 0.2) is 12.1 Å². The van der Waals surface area contributed by atoms with Crippen molar-refractivity contribution in [1.29, 1.82) is 0 Å². The molecule has 2 N–H and O–H groups in total. The van der Waals surface area contributed by atoms with Crippen molar-refractivity contribution in [2.45, 2.75) is 37.7 Å². The smallest absolute Gasteiger partial charge is 0.329 e. The fourth-order valence-electron chi connectivity index (χ4n) is 3.84. The first-order chi connectivity index (χ1) is 12.8. The van der Waals surface area contributed by atoms with Gasteiger partial charge in [0.15, 0.2) is 11.6 Å². The summed E-state index contributed by atoms with van der Waals surface area (Å²) in [6.45, 7) is 0.178. The number of nitrogens with zero attached hydrogens (tertiary/aromatic N) is 3. The number of anilines is 1. The Morgan fingerprint density at radius 3 is 2.74 bits per heavy atom. The highest BCUT2D eigenvalue weighted by molar-refractivity contribution is 6.08. The van der Waals surface area contributed by atoms with Crippen molar-refractivity contribution >= 4 is 34.4 Å². The number of imide groups is 1. The predicted octanol–water partition coefficient (Wildman–Crippen LogP) is 1.36. The van der Waals surface area contributed by atoms with Crippen molar-refractivity contribution in [3.05, 3.63) is 23.5 Å². The van der Waals surface area contributed by atoms with Crippen LogP contribution in [0.2, 0.25) is 0 Å². The van der Waals surface area contributed by atoms with Crippen molar-refractivity contribution in [3.63, 3.8) is 0 Å². The molecule has 142 valence electrons. The summed E-state index contributed by atoms with van der Waals surface area (Å²) in [6.07, 6.45) is -0.00159. The van der Waals surface area contributed by atoms with E-state index in [0.717, 1.165) is 0 Å². The first kappa shape index (κ1) is 17.6. The number of hydrogen-bond donors (Lipinski definition) is 2. The molecular formula is C18H19FN4O4. The molecule has 1 aliphatic heterocycles. The highest BCUT2D eigenvalue weighted by Gasteiger charge is 2.32. The molecular weight excluding hydrogens is 355 g/mol. The molecule has 1 aromatic carbocycles. The lowest BCUT2D eigenvalue weighted by Crippen LogP contribution is -2.49. The van der Waals surface area contributed by atoms with E-state index in [1.54, 1.807) is 17.8 Å². The number of aryl methyl sites for hydroxylation is 1. The van der Waals surface area contributed by atoms with Gasteiger partial charge in [-0.15, -0.1) is 0 Å². The lowest BCUT2D eigenvalue weighted by molar-refractivity contribution is -0.129. The summed E-state index contributed by atoms with van der Waals surface area (Å²) >= 11 is 0. The third-order valence-corrected chi connectivity index (χ3v) is 5.32. The zero-order valence-corrected chi connectivity index (χ0v) is 14.7. The molecule has 4 rings (SSSR count). The van der Waals surface area contributed by atoms with Crippen LogP contribution >= 0.6 is 0 Å². The van der Waals surface area contributed by atoms with Gasteiger partial charge in [-0.25, -0.2) is 9.18 Å². The summed E-state index contributed by atoms with van der Waals surface area (Å²) in [6, 6.07) is 2.42. The Morgan fingerprint density at radius 2 is 2.04 bits per heavy atom. The van der Waals surface area contributed by atoms with E-state index in [0.29, 0.717) is 28.7 Å². The lowest BCUT2D eigenvalue weighted by Gasteiger charge is -2.26. The second kappa shape index (κ2) is 6.41. The van der Waals surface area contributed by atoms with E-state index < -0.39 is 18.0 Å². The number of urea groups is 1. The van der Waals surface area contributed by atoms with E-state index in [4.69, 9.17) is 0 Å². The maximum Gasteiger partial charge on any atom is 0.329 e. The average molecular weight is 374 g/mol. The number of ketones is 1. The van der Waals surface area contributed by atoms with Gasteiger partial charge < -0.3 is 5.11 Å². The third-order valence-electron chi connectivity index (χ3n) is 5.32. The Bertz CT molecular complexity index is 970. The topological polar surface area (TPSA) is 105 Å². The van der Waals surface area contributed by atoms with Crippen LogP contribution in [0, 0.1) is 5.82 Å². The molecule has 0 spiro atoms. The summed E-state index contributed by atoms with van der Waals surface area (Å²) in [4.78, 5) is 36.3. The van der Waals surface area contributed by atoms with Crippen LogP contribution in [-0.2, 0) is 16.6 Å². The van der Waals surface area contributed by atoms with Crippen molar-refractivity contribution < 1.29 is 23.9 Å². The number of Topliss-reactive ketones (excluding diaryl/α,β-unsaturated/α-hetero) is 1. The van der Waals surface area contributed by atoms with Crippen molar-refractivity contribution in [2.75, 3.05) is 11.4 Å². The van der Waals surface area contributed by atoms with Gasteiger partial charge in [-0.1, -0.05) is 0 Å². The molecule has 3 amide bonds. The molecule has 27 heavy (non-hydrogen) atoms. The number of aromatic nitrogens is 2. The SMILES string of the molecule is Cn1nc(N2CCC(=O)NC2=O)c2cc(F)c(C3CCC(=O)C(O)C3)cc21. The normalized spacial score (nSPS) is 23.8. The Hall–Kier alpha value is -2.81. The fourth-order valence-corrected chi connectivity index (χ4v) is 3.84. The second-order valence-electron chi connectivity index (χ2n) is 7.05. The van der Waals surface area contributed by atoms with Gasteiger partial charge in [-0.3, -0.25) is 24.5 Å². The standard InChI is InChI=1S/C18H19FN4O4/c1-22-13-8-10(9-2-3-14(24)15(25)6-9)12(19)7-11(13)17(21-22)23-5-4-16(26)20-18(23)27/h7-9,15,25H,2-6H2,1H3,(H,20,26,27). The zero-order valence-electron chi connectivity index (χ0n) is 14.7. The number of rotatable bonds is 2. The number of halogens is 1. The molecule has 9 heteroatoms. The minimum absolute atomic E-state index is 0.151. The van der Waals surface area contributed by atoms with Crippen molar-refractivity contribution in [2.24, 2.45) is 7.05 Å². The summed E-state index contributed by atoms with van der Waals surface area (Å²) in [5.74, 6) is -0.980. The first-order valence-corrected chi connectivity index (χ1v) is 8.83. The van der Waals surface area contributed by atoms with Crippen LogP contribution in [-0.4, -0.2) is 45.3 Å². The van der Waals surface area contributed by atoms with E-state index in [1.165, 1.54) is 11.0 Å². The molecule has 0 radical (unpaired) electrons. The molecule has 8 nitrogen and oxygen atoms in total. The van der Waals surface area contributed by atoms with Gasteiger partial charge >= 0.3 is 6.03 Å². The number of nitrogens with one attached hydrogen (secondary N) is 1. The van der Waals surface area contributed by atoms with Gasteiger partial charge in [-0.05, 0) is 36.5 Å². The van der Waals surface area contributed by atoms with Crippen LogP contribution in [0.4, 0.5) is 15.0 Å². The van der Waals surface area contributed by atoms with Gasteiger partial charge in [0.25, 0.3) is 0 Å². The maximum atomic E-state index is 14.9. The monoisotopic (exact) mass is 374 g/mol. The lowest BCUT2D eigenvalue weighted by atomic mass is 9.81. The molecule has 1 aliphatic carbocycles. The average Bonchev–Trinajstić information content (AvgIpc) is 2.92. The minimum Gasteiger partial charge on any atom is -0.385 e. The quantitative estimate of drug-likeness (QED) is 0.826. The highest BCUT2D eigenvalue weighted by Crippen LogP contribution is 2.37. The van der Waals surface area contributed by atoms with Crippen LogP contribution in [0.5, 0.6) is 0 Å². The Kier molecular flexibility index (Phi) is 4.18. The van der Waals surface area contributed by atoms with E-state index in [2.05, 4.69) is 10.4 Å². The summed E-state index contributed by atoms with van der Waals surface area (Å²) in [5.41, 5.74) is 1.07. The summed E-state index contributed by atoms with van der Waals surface area (Å²) in [7, 11) is 1.69. The van der Waals surface area contributed by atoms with Crippen LogP contribution in [0.1, 0.15) is 37.2 Å². The molecule has 2 fully saturated rings. The van der Waals surface area contributed by atoms with Crippen molar-refractivity contribution in [3.8, 4) is 0 Å². The molecule has 1 saturated carbocycles. The van der Waals surface area contributed by atoms with Crippen LogP contribution in [0.3, 0.4) is 0 Å². The van der Waals surface area contributed by atoms with Gasteiger partial charge in [-0.2, -0.15) is 5.10 Å². The number of benzene rings is 1. The van der Waals surface area contributed by atoms with Crippen LogP contribution in [0.25, 0.3) is 10.9 Å². The molecule has 2 atom stereocenters. The van der Waals surface area contributed by atoms with Crippen molar-refractivity contribution in [1.82, 2.24) is 15.1 Å². The molecule has 2 unspecified atom stereocenters. The number of aliphatic hydroxyl groups is 1. The second-order valence-corrected chi connectivity index (χ2v) is 7.05. The molecule has 1 saturated heterocycles. The number of carbonyl (C=O) groups is 3. The van der Waals surface area contributed by atoms with Gasteiger partial charge in [0, 0.05) is 31.8 Å². The minimum atomic E-state index is -1.06. The number of fused-ring (bicyclic) bond motifs is 1. The highest BCUT2D eigenvalue weighted by atomic mass is 19.1. The van der Waals surface area contributed by atoms with Gasteiger partial charge in [0.1, 0.15) is 11.9 Å². The number of carbonyl (C=O) groups excluding carboxylic acids is 3. The first-order valence-electron chi connectivity index (χ1n) is 8.83. The third kappa shape index (κ3) is 2.97. The number of hydrogen-bond acceptors (Lipinski definition) is 5.